The van der Waals surface area contributed by atoms with Crippen LogP contribution < -0.4 is 11.0 Å². The predicted molar refractivity (Wildman–Crippen MR) is 65.8 cm³/mol. The molecule has 0 saturated carbocycles. The standard InChI is InChI=1S/C10H5N3O7/c14-7-3-8(15)10(16)11-5-1-4(12(17)18)2-6(9(5)7)13(19)20/h1-3,14H,(H,11,15,16). The summed E-state index contributed by atoms with van der Waals surface area (Å²) in [5, 5.41) is 30.8. The Bertz CT molecular complexity index is 871. The Morgan fingerprint density at radius 3 is 2.25 bits per heavy atom. The number of hydrogen-bond donors (Lipinski definition) is 2. The topological polar surface area (TPSA) is 156 Å². The normalized spacial score (nSPS) is 10.4. The lowest BCUT2D eigenvalue weighted by Gasteiger charge is -1.98. The molecule has 1 heterocycles. The van der Waals surface area contributed by atoms with Gasteiger partial charge in [0.2, 0.25) is 5.43 Å². The highest BCUT2D eigenvalue weighted by Gasteiger charge is 2.22. The van der Waals surface area contributed by atoms with Gasteiger partial charge in [-0.2, -0.15) is 0 Å². The van der Waals surface area contributed by atoms with Crippen LogP contribution in [0.4, 0.5) is 11.4 Å². The van der Waals surface area contributed by atoms with Crippen LogP contribution in [0.5, 0.6) is 5.75 Å². The van der Waals surface area contributed by atoms with Gasteiger partial charge in [-0.3, -0.25) is 29.8 Å². The van der Waals surface area contributed by atoms with E-state index in [1.165, 1.54) is 0 Å². The van der Waals surface area contributed by atoms with Crippen molar-refractivity contribution in [3.8, 4) is 5.75 Å². The maximum absolute atomic E-state index is 11.3. The maximum Gasteiger partial charge on any atom is 0.296 e. The van der Waals surface area contributed by atoms with Crippen molar-refractivity contribution in [2.45, 2.75) is 0 Å². The number of aromatic hydroxyl groups is 1. The van der Waals surface area contributed by atoms with E-state index < -0.39 is 43.3 Å². The summed E-state index contributed by atoms with van der Waals surface area (Å²) in [6.45, 7) is 0. The van der Waals surface area contributed by atoms with Crippen LogP contribution in [0, 0.1) is 20.2 Å². The van der Waals surface area contributed by atoms with Crippen molar-refractivity contribution in [3.63, 3.8) is 0 Å². The molecule has 0 saturated heterocycles. The molecule has 0 aliphatic carbocycles. The van der Waals surface area contributed by atoms with Gasteiger partial charge in [-0.25, -0.2) is 0 Å². The molecule has 1 aromatic carbocycles. The van der Waals surface area contributed by atoms with Gasteiger partial charge in [-0.05, 0) is 0 Å². The van der Waals surface area contributed by atoms with Crippen LogP contribution in [0.15, 0.2) is 27.8 Å². The first kappa shape index (κ1) is 13.1. The number of nitrogens with one attached hydrogen (secondary N) is 1. The van der Waals surface area contributed by atoms with Crippen LogP contribution in [-0.2, 0) is 0 Å². The van der Waals surface area contributed by atoms with Crippen LogP contribution in [0.25, 0.3) is 10.9 Å². The average Bonchev–Trinajstić information content (AvgIpc) is 2.46. The summed E-state index contributed by atoms with van der Waals surface area (Å²) in [6.07, 6.45) is 0. The van der Waals surface area contributed by atoms with Crippen LogP contribution in [0.2, 0.25) is 0 Å². The van der Waals surface area contributed by atoms with E-state index in [-0.39, 0.29) is 5.52 Å². The van der Waals surface area contributed by atoms with Crippen molar-refractivity contribution < 1.29 is 15.0 Å². The summed E-state index contributed by atoms with van der Waals surface area (Å²) < 4.78 is 0. The quantitative estimate of drug-likeness (QED) is 0.457. The molecule has 0 unspecified atom stereocenters. The van der Waals surface area contributed by atoms with Crippen LogP contribution in [-0.4, -0.2) is 19.9 Å². The van der Waals surface area contributed by atoms with Gasteiger partial charge in [0.05, 0.1) is 21.4 Å². The number of aromatic nitrogens is 1. The summed E-state index contributed by atoms with van der Waals surface area (Å²) in [7, 11) is 0. The number of rotatable bonds is 2. The van der Waals surface area contributed by atoms with E-state index in [0.29, 0.717) is 12.1 Å². The molecule has 2 rings (SSSR count). The highest BCUT2D eigenvalue weighted by Crippen LogP contribution is 2.33. The summed E-state index contributed by atoms with van der Waals surface area (Å²) in [6, 6.07) is 1.97. The molecule has 10 nitrogen and oxygen atoms in total. The van der Waals surface area contributed by atoms with Crippen molar-refractivity contribution in [1.82, 2.24) is 4.98 Å². The molecule has 10 heteroatoms. The van der Waals surface area contributed by atoms with Crippen molar-refractivity contribution in [3.05, 3.63) is 59.0 Å². The fraction of sp³-hybridized carbons (Fsp3) is 0. The lowest BCUT2D eigenvalue weighted by Crippen LogP contribution is -2.22. The largest absolute Gasteiger partial charge is 0.507 e. The van der Waals surface area contributed by atoms with Crippen LogP contribution in [0.3, 0.4) is 0 Å². The van der Waals surface area contributed by atoms with E-state index in [2.05, 4.69) is 0 Å². The fourth-order valence-corrected chi connectivity index (χ4v) is 1.67. The summed E-state index contributed by atoms with van der Waals surface area (Å²) in [5.74, 6) is -0.815. The number of nitro benzene ring substituents is 2. The van der Waals surface area contributed by atoms with Gasteiger partial charge < -0.3 is 10.1 Å². The molecule has 20 heavy (non-hydrogen) atoms. The van der Waals surface area contributed by atoms with Gasteiger partial charge in [-0.1, -0.05) is 0 Å². The third-order valence-corrected chi connectivity index (χ3v) is 2.51. The second kappa shape index (κ2) is 4.42. The van der Waals surface area contributed by atoms with Crippen LogP contribution in [0.1, 0.15) is 0 Å². The Kier molecular flexibility index (Phi) is 2.90. The maximum atomic E-state index is 11.3. The fourth-order valence-electron chi connectivity index (χ4n) is 1.67. The molecule has 0 spiro atoms. The Hall–Kier alpha value is -3.30. The number of H-pyrrole nitrogens is 1. The lowest BCUT2D eigenvalue weighted by atomic mass is 10.1. The van der Waals surface area contributed by atoms with Gasteiger partial charge in [0.25, 0.3) is 16.9 Å². The zero-order valence-electron chi connectivity index (χ0n) is 9.52. The van der Waals surface area contributed by atoms with Gasteiger partial charge >= 0.3 is 0 Å². The molecular weight excluding hydrogens is 274 g/mol. The molecule has 1 aromatic heterocycles. The van der Waals surface area contributed by atoms with Crippen molar-refractivity contribution in [2.75, 3.05) is 0 Å². The number of hydrogen-bond acceptors (Lipinski definition) is 7. The molecule has 102 valence electrons. The average molecular weight is 279 g/mol. The Labute approximate surface area is 108 Å². The minimum atomic E-state index is -1.16. The SMILES string of the molecule is O=c1cc(O)c2c([N+](=O)[O-])cc([N+](=O)[O-])cc2[nH]c1=O. The second-order valence-electron chi connectivity index (χ2n) is 3.75. The van der Waals surface area contributed by atoms with Gasteiger partial charge in [-0.15, -0.1) is 0 Å². The molecular formula is C10H5N3O7. The van der Waals surface area contributed by atoms with E-state index in [9.17, 15) is 34.9 Å². The predicted octanol–water partition coefficient (Wildman–Crippen LogP) is 0.410. The molecule has 2 aromatic rings. The molecule has 0 aliphatic rings. The molecule has 0 atom stereocenters. The zero-order chi connectivity index (χ0) is 15.0. The van der Waals surface area contributed by atoms with Crippen molar-refractivity contribution in [1.29, 1.82) is 0 Å². The first-order valence-electron chi connectivity index (χ1n) is 5.04. The van der Waals surface area contributed by atoms with Gasteiger partial charge in [0.1, 0.15) is 11.1 Å². The molecule has 0 aliphatic heterocycles. The summed E-state index contributed by atoms with van der Waals surface area (Å²) in [5.41, 5.74) is -4.12. The van der Waals surface area contributed by atoms with E-state index >= 15 is 0 Å². The lowest BCUT2D eigenvalue weighted by molar-refractivity contribution is -0.393. The third kappa shape index (κ3) is 2.05. The highest BCUT2D eigenvalue weighted by molar-refractivity contribution is 5.94. The Morgan fingerprint density at radius 2 is 1.70 bits per heavy atom. The molecule has 0 bridgehead atoms. The first-order chi connectivity index (χ1) is 9.31. The molecule has 0 amide bonds. The highest BCUT2D eigenvalue weighted by atomic mass is 16.6. The molecule has 0 fully saturated rings. The van der Waals surface area contributed by atoms with E-state index in [1.807, 2.05) is 4.98 Å². The number of benzene rings is 1. The van der Waals surface area contributed by atoms with Crippen molar-refractivity contribution >= 4 is 22.3 Å². The second-order valence-corrected chi connectivity index (χ2v) is 3.75. The number of nitrogens with zero attached hydrogens (tertiary/aromatic N) is 2. The van der Waals surface area contributed by atoms with E-state index in [4.69, 9.17) is 0 Å². The van der Waals surface area contributed by atoms with Gasteiger partial charge in [0, 0.05) is 12.1 Å². The van der Waals surface area contributed by atoms with Crippen molar-refractivity contribution in [2.24, 2.45) is 0 Å². The first-order valence-corrected chi connectivity index (χ1v) is 5.04. The smallest absolute Gasteiger partial charge is 0.296 e. The van der Waals surface area contributed by atoms with Gasteiger partial charge in [0.15, 0.2) is 0 Å². The third-order valence-electron chi connectivity index (χ3n) is 2.51. The number of nitro groups is 2. The minimum Gasteiger partial charge on any atom is -0.507 e. The van der Waals surface area contributed by atoms with E-state index in [1.54, 1.807) is 0 Å². The summed E-state index contributed by atoms with van der Waals surface area (Å²) >= 11 is 0. The minimum absolute atomic E-state index is 0.379. The Morgan fingerprint density at radius 1 is 1.05 bits per heavy atom. The zero-order valence-corrected chi connectivity index (χ0v) is 9.52. The number of non-ortho nitro benzene ring substituents is 2. The molecule has 2 N–H and O–H groups in total. The van der Waals surface area contributed by atoms with E-state index in [0.717, 1.165) is 6.07 Å². The van der Waals surface area contributed by atoms with Crippen LogP contribution >= 0.6 is 0 Å². The molecule has 0 radical (unpaired) electrons. The summed E-state index contributed by atoms with van der Waals surface area (Å²) in [4.78, 5) is 44.3. The number of fused-ring (bicyclic) bond motifs is 1. The Balaban J connectivity index is 3.14. The monoisotopic (exact) mass is 279 g/mol. The number of aromatic amines is 1.